The number of amides is 1. The Hall–Kier alpha value is -2.92. The number of para-hydroxylation sites is 1. The number of aryl methyl sites for hydroxylation is 2. The summed E-state index contributed by atoms with van der Waals surface area (Å²) >= 11 is 0. The van der Waals surface area contributed by atoms with E-state index in [9.17, 15) is 4.79 Å². The fourth-order valence-electron chi connectivity index (χ4n) is 6.13. The number of carbonyl (C=O) groups excluding carboxylic acids is 1. The Labute approximate surface area is 203 Å². The van der Waals surface area contributed by atoms with E-state index in [4.69, 9.17) is 0 Å². The van der Waals surface area contributed by atoms with Gasteiger partial charge >= 0.3 is 0 Å². The molecule has 0 bridgehead atoms. The van der Waals surface area contributed by atoms with Gasteiger partial charge in [0.25, 0.3) is 5.91 Å². The molecule has 0 N–H and O–H groups in total. The molecule has 2 fully saturated rings. The lowest BCUT2D eigenvalue weighted by atomic mass is 9.78. The van der Waals surface area contributed by atoms with Gasteiger partial charge in [-0.15, -0.1) is 0 Å². The van der Waals surface area contributed by atoms with E-state index in [0.29, 0.717) is 17.7 Å². The molecule has 1 aliphatic carbocycles. The lowest BCUT2D eigenvalue weighted by molar-refractivity contribution is 0.0888. The third-order valence-corrected chi connectivity index (χ3v) is 7.76. The Bertz CT molecular complexity index is 1090. The highest BCUT2D eigenvalue weighted by Gasteiger charge is 2.36. The average molecular weight is 457 g/mol. The fourth-order valence-corrected chi connectivity index (χ4v) is 6.13. The normalized spacial score (nSPS) is 21.9. The SMILES string of the molecule is Cc1cc(C(=O)N(c2ccccc2)C2CCN([C@@H]3CCCC[C@@H]3c3ccccc3)CC2)n(C)n1. The van der Waals surface area contributed by atoms with Crippen molar-refractivity contribution in [2.45, 2.75) is 63.5 Å². The molecular formula is C29H36N4O. The number of benzene rings is 2. The Morgan fingerprint density at radius 2 is 1.56 bits per heavy atom. The van der Waals surface area contributed by atoms with Gasteiger partial charge in [0.05, 0.1) is 5.69 Å². The van der Waals surface area contributed by atoms with Crippen molar-refractivity contribution in [3.8, 4) is 0 Å². The van der Waals surface area contributed by atoms with E-state index >= 15 is 0 Å². The monoisotopic (exact) mass is 456 g/mol. The third-order valence-electron chi connectivity index (χ3n) is 7.76. The van der Waals surface area contributed by atoms with Gasteiger partial charge in [0.2, 0.25) is 0 Å². The molecule has 0 unspecified atom stereocenters. The Morgan fingerprint density at radius 3 is 2.21 bits per heavy atom. The number of likely N-dealkylation sites (tertiary alicyclic amines) is 1. The molecule has 5 heteroatoms. The number of anilines is 1. The van der Waals surface area contributed by atoms with Crippen LogP contribution in [0, 0.1) is 6.92 Å². The van der Waals surface area contributed by atoms with E-state index in [0.717, 1.165) is 37.3 Å². The number of aromatic nitrogens is 2. The Kier molecular flexibility index (Phi) is 6.82. The molecule has 178 valence electrons. The predicted octanol–water partition coefficient (Wildman–Crippen LogP) is 5.57. The fraction of sp³-hybridized carbons (Fsp3) is 0.448. The van der Waals surface area contributed by atoms with Crippen LogP contribution in [0.2, 0.25) is 0 Å². The van der Waals surface area contributed by atoms with E-state index in [2.05, 4.69) is 52.5 Å². The molecule has 1 saturated heterocycles. The Morgan fingerprint density at radius 1 is 0.912 bits per heavy atom. The molecule has 1 saturated carbocycles. The van der Waals surface area contributed by atoms with Crippen molar-refractivity contribution in [3.63, 3.8) is 0 Å². The second kappa shape index (κ2) is 10.1. The van der Waals surface area contributed by atoms with Crippen molar-refractivity contribution >= 4 is 11.6 Å². The second-order valence-corrected chi connectivity index (χ2v) is 9.94. The minimum Gasteiger partial charge on any atom is -0.304 e. The minimum atomic E-state index is 0.0487. The summed E-state index contributed by atoms with van der Waals surface area (Å²) in [5.41, 5.74) is 3.99. The first-order valence-electron chi connectivity index (χ1n) is 12.8. The van der Waals surface area contributed by atoms with Crippen molar-refractivity contribution in [2.75, 3.05) is 18.0 Å². The summed E-state index contributed by atoms with van der Waals surface area (Å²) in [6.45, 7) is 4.02. The number of rotatable bonds is 5. The van der Waals surface area contributed by atoms with Crippen molar-refractivity contribution in [1.82, 2.24) is 14.7 Å². The summed E-state index contributed by atoms with van der Waals surface area (Å²) in [7, 11) is 1.86. The molecule has 2 heterocycles. The maximum atomic E-state index is 13.8. The standard InChI is InChI=1S/C29H36N4O/c1-22-21-28(31(2)30-22)29(34)33(24-13-7-4-8-14-24)25-17-19-32(20-18-25)27-16-10-9-15-26(27)23-11-5-3-6-12-23/h3-8,11-14,21,25-27H,9-10,15-20H2,1-2H3/t26-,27-/m1/s1. The summed E-state index contributed by atoms with van der Waals surface area (Å²) < 4.78 is 1.72. The summed E-state index contributed by atoms with van der Waals surface area (Å²) in [6.07, 6.45) is 7.20. The number of nitrogens with zero attached hydrogens (tertiary/aromatic N) is 4. The van der Waals surface area contributed by atoms with Gasteiger partial charge in [-0.2, -0.15) is 5.10 Å². The number of piperidine rings is 1. The maximum absolute atomic E-state index is 13.8. The van der Waals surface area contributed by atoms with Crippen LogP contribution in [0.3, 0.4) is 0 Å². The molecule has 5 rings (SSSR count). The van der Waals surface area contributed by atoms with Gasteiger partial charge in [0.1, 0.15) is 5.69 Å². The van der Waals surface area contributed by atoms with E-state index < -0.39 is 0 Å². The topological polar surface area (TPSA) is 41.4 Å². The van der Waals surface area contributed by atoms with Gasteiger partial charge in [0, 0.05) is 37.9 Å². The number of hydrogen-bond acceptors (Lipinski definition) is 3. The van der Waals surface area contributed by atoms with Crippen LogP contribution in [0.15, 0.2) is 66.7 Å². The smallest absolute Gasteiger partial charge is 0.276 e. The lowest BCUT2D eigenvalue weighted by Gasteiger charge is -2.45. The molecule has 1 amide bonds. The van der Waals surface area contributed by atoms with Crippen LogP contribution >= 0.6 is 0 Å². The zero-order valence-corrected chi connectivity index (χ0v) is 20.4. The maximum Gasteiger partial charge on any atom is 0.276 e. The average Bonchev–Trinajstić information content (AvgIpc) is 3.23. The molecule has 0 radical (unpaired) electrons. The second-order valence-electron chi connectivity index (χ2n) is 9.94. The zero-order chi connectivity index (χ0) is 23.5. The summed E-state index contributed by atoms with van der Waals surface area (Å²) in [5.74, 6) is 0.670. The van der Waals surface area contributed by atoms with Crippen LogP contribution in [0.1, 0.15) is 66.2 Å². The van der Waals surface area contributed by atoms with Gasteiger partial charge in [-0.3, -0.25) is 14.4 Å². The highest BCUT2D eigenvalue weighted by Crippen LogP contribution is 2.38. The lowest BCUT2D eigenvalue weighted by Crippen LogP contribution is -2.52. The first-order chi connectivity index (χ1) is 16.6. The molecule has 5 nitrogen and oxygen atoms in total. The van der Waals surface area contributed by atoms with Crippen LogP contribution in [-0.4, -0.2) is 45.8 Å². The van der Waals surface area contributed by atoms with Crippen molar-refractivity contribution < 1.29 is 4.79 Å². The van der Waals surface area contributed by atoms with Crippen molar-refractivity contribution in [2.24, 2.45) is 7.05 Å². The molecule has 1 aromatic heterocycles. The molecule has 1 aliphatic heterocycles. The predicted molar refractivity (Wildman–Crippen MR) is 137 cm³/mol. The van der Waals surface area contributed by atoms with Crippen molar-refractivity contribution in [1.29, 1.82) is 0 Å². The molecular weight excluding hydrogens is 420 g/mol. The minimum absolute atomic E-state index is 0.0487. The summed E-state index contributed by atoms with van der Waals surface area (Å²) in [5, 5.41) is 4.42. The van der Waals surface area contributed by atoms with Gasteiger partial charge in [0.15, 0.2) is 0 Å². The Balaban J connectivity index is 1.34. The van der Waals surface area contributed by atoms with Crippen LogP contribution in [-0.2, 0) is 7.05 Å². The zero-order valence-electron chi connectivity index (χ0n) is 20.4. The quantitative estimate of drug-likeness (QED) is 0.504. The third kappa shape index (κ3) is 4.67. The number of carbonyl (C=O) groups is 1. The van der Waals surface area contributed by atoms with Crippen LogP contribution in [0.25, 0.3) is 0 Å². The highest BCUT2D eigenvalue weighted by atomic mass is 16.2. The van der Waals surface area contributed by atoms with Gasteiger partial charge in [-0.25, -0.2) is 0 Å². The van der Waals surface area contributed by atoms with E-state index in [1.165, 1.54) is 31.2 Å². The van der Waals surface area contributed by atoms with Gasteiger partial charge in [-0.05, 0) is 62.3 Å². The molecule has 3 aromatic rings. The first kappa shape index (κ1) is 22.9. The molecule has 2 aliphatic rings. The molecule has 2 atom stereocenters. The van der Waals surface area contributed by atoms with Gasteiger partial charge in [-0.1, -0.05) is 61.4 Å². The van der Waals surface area contributed by atoms with Crippen LogP contribution in [0.4, 0.5) is 5.69 Å². The van der Waals surface area contributed by atoms with E-state index in [1.54, 1.807) is 4.68 Å². The number of hydrogen-bond donors (Lipinski definition) is 0. The molecule has 34 heavy (non-hydrogen) atoms. The summed E-state index contributed by atoms with van der Waals surface area (Å²) in [4.78, 5) is 18.5. The van der Waals surface area contributed by atoms with Gasteiger partial charge < -0.3 is 4.90 Å². The molecule has 2 aromatic carbocycles. The van der Waals surface area contributed by atoms with Crippen molar-refractivity contribution in [3.05, 3.63) is 83.7 Å². The van der Waals surface area contributed by atoms with Crippen LogP contribution in [0.5, 0.6) is 0 Å². The summed E-state index contributed by atoms with van der Waals surface area (Å²) in [6, 6.07) is 24.0. The highest BCUT2D eigenvalue weighted by molar-refractivity contribution is 6.05. The largest absolute Gasteiger partial charge is 0.304 e. The van der Waals surface area contributed by atoms with E-state index in [1.807, 2.05) is 43.1 Å². The van der Waals surface area contributed by atoms with Crippen LogP contribution < -0.4 is 4.90 Å². The van der Waals surface area contributed by atoms with E-state index in [-0.39, 0.29) is 11.9 Å². The first-order valence-corrected chi connectivity index (χ1v) is 12.8. The molecule has 0 spiro atoms.